The van der Waals surface area contributed by atoms with E-state index in [9.17, 15) is 4.79 Å². The van der Waals surface area contributed by atoms with Crippen LogP contribution in [0.15, 0.2) is 30.6 Å². The fourth-order valence-corrected chi connectivity index (χ4v) is 2.46. The number of esters is 1. The van der Waals surface area contributed by atoms with Crippen molar-refractivity contribution in [3.05, 3.63) is 36.2 Å². The van der Waals surface area contributed by atoms with E-state index < -0.39 is 0 Å². The number of nitrogens with zero attached hydrogens (tertiary/aromatic N) is 4. The van der Waals surface area contributed by atoms with Gasteiger partial charge in [0.25, 0.3) is 0 Å². The maximum Gasteiger partial charge on any atom is 0.338 e. The highest BCUT2D eigenvalue weighted by atomic mass is 16.5. The molecule has 0 atom stereocenters. The standard InChI is InChI=1S/C14H16N4O2/c19-14(20-13-7-2-1-3-8-13)11-5-4-6-12(9-11)18-10-15-16-17-18/h4-6,9-10,13H,1-3,7-8H2. The van der Waals surface area contributed by atoms with Gasteiger partial charge in [0.05, 0.1) is 11.3 Å². The number of carbonyl (C=O) groups is 1. The lowest BCUT2D eigenvalue weighted by Crippen LogP contribution is -2.21. The number of carbonyl (C=O) groups excluding carboxylic acids is 1. The smallest absolute Gasteiger partial charge is 0.338 e. The van der Waals surface area contributed by atoms with Gasteiger partial charge in [0, 0.05) is 0 Å². The van der Waals surface area contributed by atoms with E-state index in [-0.39, 0.29) is 12.1 Å². The van der Waals surface area contributed by atoms with Crippen LogP contribution in [-0.2, 0) is 4.74 Å². The molecule has 1 saturated carbocycles. The molecular formula is C14H16N4O2. The molecule has 1 heterocycles. The molecule has 0 saturated heterocycles. The van der Waals surface area contributed by atoms with Gasteiger partial charge in [0.15, 0.2) is 0 Å². The molecule has 0 spiro atoms. The van der Waals surface area contributed by atoms with Crippen molar-refractivity contribution in [2.45, 2.75) is 38.2 Å². The summed E-state index contributed by atoms with van der Waals surface area (Å²) in [7, 11) is 0. The lowest BCUT2D eigenvalue weighted by molar-refractivity contribution is 0.0211. The van der Waals surface area contributed by atoms with Crippen molar-refractivity contribution in [1.82, 2.24) is 20.2 Å². The van der Waals surface area contributed by atoms with Crippen LogP contribution in [-0.4, -0.2) is 32.3 Å². The van der Waals surface area contributed by atoms with Gasteiger partial charge < -0.3 is 4.74 Å². The third-order valence-electron chi connectivity index (χ3n) is 3.52. The van der Waals surface area contributed by atoms with Crippen molar-refractivity contribution in [1.29, 1.82) is 0 Å². The molecule has 104 valence electrons. The number of benzene rings is 1. The van der Waals surface area contributed by atoms with Gasteiger partial charge in [0.1, 0.15) is 12.4 Å². The van der Waals surface area contributed by atoms with E-state index in [1.165, 1.54) is 17.4 Å². The molecule has 0 N–H and O–H groups in total. The van der Waals surface area contributed by atoms with Crippen molar-refractivity contribution in [3.8, 4) is 5.69 Å². The molecule has 0 amide bonds. The van der Waals surface area contributed by atoms with E-state index in [4.69, 9.17) is 4.74 Å². The highest BCUT2D eigenvalue weighted by Crippen LogP contribution is 2.21. The van der Waals surface area contributed by atoms with Gasteiger partial charge in [-0.3, -0.25) is 0 Å². The Balaban J connectivity index is 1.73. The Morgan fingerprint density at radius 2 is 2.10 bits per heavy atom. The van der Waals surface area contributed by atoms with Crippen LogP contribution in [0.2, 0.25) is 0 Å². The molecule has 1 aliphatic rings. The first-order valence-electron chi connectivity index (χ1n) is 6.87. The van der Waals surface area contributed by atoms with Crippen molar-refractivity contribution < 1.29 is 9.53 Å². The normalized spacial score (nSPS) is 16.0. The average molecular weight is 272 g/mol. The fourth-order valence-electron chi connectivity index (χ4n) is 2.46. The Morgan fingerprint density at radius 1 is 1.25 bits per heavy atom. The summed E-state index contributed by atoms with van der Waals surface area (Å²) >= 11 is 0. The number of rotatable bonds is 3. The molecule has 0 aliphatic heterocycles. The van der Waals surface area contributed by atoms with E-state index in [0.717, 1.165) is 31.4 Å². The maximum absolute atomic E-state index is 12.2. The van der Waals surface area contributed by atoms with Gasteiger partial charge in [-0.1, -0.05) is 12.5 Å². The average Bonchev–Trinajstić information content (AvgIpc) is 3.03. The van der Waals surface area contributed by atoms with Crippen LogP contribution in [0.5, 0.6) is 0 Å². The largest absolute Gasteiger partial charge is 0.459 e. The van der Waals surface area contributed by atoms with Crippen LogP contribution in [0.25, 0.3) is 5.69 Å². The van der Waals surface area contributed by atoms with E-state index in [2.05, 4.69) is 15.5 Å². The van der Waals surface area contributed by atoms with Gasteiger partial charge in [-0.2, -0.15) is 0 Å². The molecule has 3 rings (SSSR count). The molecule has 1 aliphatic carbocycles. The summed E-state index contributed by atoms with van der Waals surface area (Å²) in [6.07, 6.45) is 7.02. The molecule has 1 aromatic carbocycles. The maximum atomic E-state index is 12.2. The summed E-state index contributed by atoms with van der Waals surface area (Å²) in [5, 5.41) is 11.0. The van der Waals surface area contributed by atoms with Crippen molar-refractivity contribution >= 4 is 5.97 Å². The summed E-state index contributed by atoms with van der Waals surface area (Å²) in [4.78, 5) is 12.2. The second-order valence-corrected chi connectivity index (χ2v) is 4.97. The van der Waals surface area contributed by atoms with Crippen molar-refractivity contribution in [2.24, 2.45) is 0 Å². The minimum absolute atomic E-state index is 0.0629. The minimum atomic E-state index is -0.271. The lowest BCUT2D eigenvalue weighted by Gasteiger charge is -2.21. The number of hydrogen-bond acceptors (Lipinski definition) is 5. The molecule has 1 fully saturated rings. The van der Waals surface area contributed by atoms with Crippen LogP contribution in [0.3, 0.4) is 0 Å². The van der Waals surface area contributed by atoms with Gasteiger partial charge >= 0.3 is 5.97 Å². The van der Waals surface area contributed by atoms with Crippen LogP contribution in [0, 0.1) is 0 Å². The summed E-state index contributed by atoms with van der Waals surface area (Å²) < 4.78 is 7.06. The number of tetrazole rings is 1. The van der Waals surface area contributed by atoms with E-state index in [0.29, 0.717) is 5.56 Å². The SMILES string of the molecule is O=C(OC1CCCCC1)c1cccc(-n2cnnn2)c1. The number of aromatic nitrogens is 4. The highest BCUT2D eigenvalue weighted by Gasteiger charge is 2.19. The molecule has 0 bridgehead atoms. The number of hydrogen-bond donors (Lipinski definition) is 0. The molecule has 0 radical (unpaired) electrons. The van der Waals surface area contributed by atoms with Crippen LogP contribution >= 0.6 is 0 Å². The topological polar surface area (TPSA) is 69.9 Å². The van der Waals surface area contributed by atoms with Crippen LogP contribution in [0.1, 0.15) is 42.5 Å². The second kappa shape index (κ2) is 5.81. The Bertz CT molecular complexity index is 577. The van der Waals surface area contributed by atoms with Gasteiger partial charge in [-0.15, -0.1) is 5.10 Å². The molecule has 6 nitrogen and oxygen atoms in total. The van der Waals surface area contributed by atoms with Crippen LogP contribution < -0.4 is 0 Å². The van der Waals surface area contributed by atoms with Gasteiger partial charge in [0.2, 0.25) is 0 Å². The van der Waals surface area contributed by atoms with Crippen molar-refractivity contribution in [3.63, 3.8) is 0 Å². The summed E-state index contributed by atoms with van der Waals surface area (Å²) in [5.41, 5.74) is 1.27. The zero-order chi connectivity index (χ0) is 13.8. The summed E-state index contributed by atoms with van der Waals surface area (Å²) in [5.74, 6) is -0.271. The first kappa shape index (κ1) is 12.8. The molecule has 2 aromatic rings. The Labute approximate surface area is 116 Å². The molecule has 0 unspecified atom stereocenters. The predicted molar refractivity (Wildman–Crippen MR) is 71.4 cm³/mol. The van der Waals surface area contributed by atoms with Gasteiger partial charge in [-0.25, -0.2) is 9.48 Å². The minimum Gasteiger partial charge on any atom is -0.459 e. The Kier molecular flexibility index (Phi) is 3.71. The lowest BCUT2D eigenvalue weighted by atomic mass is 9.98. The van der Waals surface area contributed by atoms with Crippen LogP contribution in [0.4, 0.5) is 0 Å². The van der Waals surface area contributed by atoms with Crippen molar-refractivity contribution in [2.75, 3.05) is 0 Å². The highest BCUT2D eigenvalue weighted by molar-refractivity contribution is 5.90. The molecule has 20 heavy (non-hydrogen) atoms. The third-order valence-corrected chi connectivity index (χ3v) is 3.52. The summed E-state index contributed by atoms with van der Waals surface area (Å²) in [6.45, 7) is 0. The summed E-state index contributed by atoms with van der Waals surface area (Å²) in [6, 6.07) is 7.13. The molecule has 1 aromatic heterocycles. The monoisotopic (exact) mass is 272 g/mol. The van der Waals surface area contributed by atoms with E-state index in [1.807, 2.05) is 6.07 Å². The predicted octanol–water partition coefficient (Wildman–Crippen LogP) is 2.15. The fraction of sp³-hybridized carbons (Fsp3) is 0.429. The van der Waals surface area contributed by atoms with E-state index in [1.54, 1.807) is 18.2 Å². The zero-order valence-electron chi connectivity index (χ0n) is 11.1. The molecular weight excluding hydrogens is 256 g/mol. The first-order valence-corrected chi connectivity index (χ1v) is 6.87. The Morgan fingerprint density at radius 3 is 2.85 bits per heavy atom. The quantitative estimate of drug-likeness (QED) is 0.801. The second-order valence-electron chi connectivity index (χ2n) is 4.97. The van der Waals surface area contributed by atoms with Gasteiger partial charge in [-0.05, 0) is 54.3 Å². The van der Waals surface area contributed by atoms with E-state index >= 15 is 0 Å². The zero-order valence-corrected chi connectivity index (χ0v) is 11.1. The molecule has 6 heteroatoms. The third kappa shape index (κ3) is 2.84. The number of ether oxygens (including phenoxy) is 1. The Hall–Kier alpha value is -2.24. The first-order chi connectivity index (χ1) is 9.83.